The molecule has 0 radical (unpaired) electrons. The number of carboxylic acid groups (broad SMARTS) is 1. The fraction of sp³-hybridized carbons (Fsp3) is 0.345. The molecule has 2 N–H and O–H groups in total. The number of urea groups is 1. The normalized spacial score (nSPS) is 18.8. The topological polar surface area (TPSA) is 95.0 Å². The Morgan fingerprint density at radius 3 is 2.68 bits per heavy atom. The molecule has 192 valence electrons. The monoisotopic (exact) mass is 500 g/mol. The summed E-state index contributed by atoms with van der Waals surface area (Å²) in [5.74, 6) is 0.931. The van der Waals surface area contributed by atoms with Gasteiger partial charge in [-0.3, -0.25) is 9.69 Å². The zero-order chi connectivity index (χ0) is 25.9. The van der Waals surface area contributed by atoms with E-state index in [0.29, 0.717) is 18.8 Å². The largest absolute Gasteiger partial charge is 0.487 e. The number of nitrogens with zero attached hydrogens (tertiary/aromatic N) is 3. The summed E-state index contributed by atoms with van der Waals surface area (Å²) in [7, 11) is 0. The summed E-state index contributed by atoms with van der Waals surface area (Å²) in [5.41, 5.74) is 4.55. The van der Waals surface area contributed by atoms with Crippen molar-refractivity contribution in [2.24, 2.45) is 5.92 Å². The zero-order valence-corrected chi connectivity index (χ0v) is 21.2. The number of pyridine rings is 1. The standard InChI is InChI=1S/C29H32N4O4/c1-3-21-6-4-5-7-24(21)31-29(36)33-17-19(2)37-26-15-22(8-10-25(26)33)23-9-11-27(30-16-23)32-13-12-20(18-32)14-28(34)35/h4-11,15-16,19-20H,3,12-14,17-18H2,1-2H3,(H,31,36)(H,34,35). The van der Waals surface area contributed by atoms with E-state index >= 15 is 0 Å². The average Bonchev–Trinajstić information content (AvgIpc) is 3.36. The second-order valence-electron chi connectivity index (χ2n) is 9.77. The van der Waals surface area contributed by atoms with E-state index in [1.807, 2.05) is 67.7 Å². The highest BCUT2D eigenvalue weighted by Gasteiger charge is 2.29. The van der Waals surface area contributed by atoms with Gasteiger partial charge >= 0.3 is 12.0 Å². The molecule has 0 spiro atoms. The maximum atomic E-state index is 13.3. The summed E-state index contributed by atoms with van der Waals surface area (Å²) in [4.78, 5) is 32.8. The van der Waals surface area contributed by atoms with Gasteiger partial charge in [0.25, 0.3) is 0 Å². The number of aliphatic carboxylic acids is 1. The van der Waals surface area contributed by atoms with Crippen LogP contribution in [0.25, 0.3) is 11.1 Å². The molecular weight excluding hydrogens is 468 g/mol. The molecule has 2 unspecified atom stereocenters. The van der Waals surface area contributed by atoms with Crippen LogP contribution in [0.15, 0.2) is 60.8 Å². The van der Waals surface area contributed by atoms with Crippen LogP contribution in [0.4, 0.5) is 22.0 Å². The number of carbonyl (C=O) groups excluding carboxylic acids is 1. The highest BCUT2D eigenvalue weighted by Crippen LogP contribution is 2.38. The molecule has 8 heteroatoms. The Bertz CT molecular complexity index is 1290. The number of ether oxygens (including phenoxy) is 1. The average molecular weight is 501 g/mol. The van der Waals surface area contributed by atoms with Gasteiger partial charge in [0.05, 0.1) is 12.2 Å². The number of carboxylic acids is 1. The molecule has 0 bridgehead atoms. The predicted molar refractivity (Wildman–Crippen MR) is 145 cm³/mol. The molecule has 2 aromatic carbocycles. The number of anilines is 3. The molecule has 37 heavy (non-hydrogen) atoms. The molecule has 2 aliphatic rings. The van der Waals surface area contributed by atoms with Gasteiger partial charge in [-0.1, -0.05) is 31.2 Å². The summed E-state index contributed by atoms with van der Waals surface area (Å²) < 4.78 is 6.12. The van der Waals surface area contributed by atoms with Gasteiger partial charge in [-0.05, 0) is 67.1 Å². The van der Waals surface area contributed by atoms with E-state index in [0.717, 1.165) is 53.3 Å². The summed E-state index contributed by atoms with van der Waals surface area (Å²) in [6, 6.07) is 17.5. The molecule has 2 aliphatic heterocycles. The lowest BCUT2D eigenvalue weighted by atomic mass is 10.0. The Kier molecular flexibility index (Phi) is 6.99. The van der Waals surface area contributed by atoms with E-state index in [1.165, 1.54) is 0 Å². The third-order valence-corrected chi connectivity index (χ3v) is 7.06. The van der Waals surface area contributed by atoms with Gasteiger partial charge in [0.2, 0.25) is 0 Å². The molecule has 3 heterocycles. The summed E-state index contributed by atoms with van der Waals surface area (Å²) >= 11 is 0. The predicted octanol–water partition coefficient (Wildman–Crippen LogP) is 5.43. The number of hydrogen-bond acceptors (Lipinski definition) is 5. The van der Waals surface area contributed by atoms with Crippen LogP contribution >= 0.6 is 0 Å². The van der Waals surface area contributed by atoms with Gasteiger partial charge in [-0.15, -0.1) is 0 Å². The lowest BCUT2D eigenvalue weighted by molar-refractivity contribution is -0.137. The van der Waals surface area contributed by atoms with Crippen LogP contribution in [0.5, 0.6) is 5.75 Å². The number of amides is 2. The van der Waals surface area contributed by atoms with E-state index in [9.17, 15) is 9.59 Å². The first-order valence-corrected chi connectivity index (χ1v) is 12.8. The molecule has 0 saturated carbocycles. The number of hydrogen-bond donors (Lipinski definition) is 2. The van der Waals surface area contributed by atoms with Crippen molar-refractivity contribution in [2.75, 3.05) is 34.8 Å². The van der Waals surface area contributed by atoms with Crippen LogP contribution in [0.3, 0.4) is 0 Å². The van der Waals surface area contributed by atoms with Gasteiger partial charge in [-0.25, -0.2) is 9.78 Å². The smallest absolute Gasteiger partial charge is 0.326 e. The Balaban J connectivity index is 1.33. The number of nitrogens with one attached hydrogen (secondary N) is 1. The lowest BCUT2D eigenvalue weighted by Crippen LogP contribution is -2.44. The minimum Gasteiger partial charge on any atom is -0.487 e. The second kappa shape index (κ2) is 10.5. The number of para-hydroxylation sites is 1. The summed E-state index contributed by atoms with van der Waals surface area (Å²) in [5, 5.41) is 12.1. The number of aryl methyl sites for hydroxylation is 1. The number of carbonyl (C=O) groups is 2. The Hall–Kier alpha value is -4.07. The van der Waals surface area contributed by atoms with Crippen molar-refractivity contribution >= 4 is 29.2 Å². The molecule has 1 saturated heterocycles. The zero-order valence-electron chi connectivity index (χ0n) is 21.2. The van der Waals surface area contributed by atoms with Crippen molar-refractivity contribution in [1.29, 1.82) is 0 Å². The molecule has 1 aromatic heterocycles. The van der Waals surface area contributed by atoms with E-state index in [2.05, 4.69) is 22.1 Å². The molecule has 8 nitrogen and oxygen atoms in total. The summed E-state index contributed by atoms with van der Waals surface area (Å²) in [6.45, 7) is 6.02. The third-order valence-electron chi connectivity index (χ3n) is 7.06. The number of benzene rings is 2. The SMILES string of the molecule is CCc1ccccc1NC(=O)N1CC(C)Oc2cc(-c3ccc(N4CCC(CC(=O)O)C4)nc3)ccc21. The van der Waals surface area contributed by atoms with E-state index in [1.54, 1.807) is 4.90 Å². The van der Waals surface area contributed by atoms with Crippen LogP contribution in [0, 0.1) is 5.92 Å². The number of rotatable bonds is 6. The van der Waals surface area contributed by atoms with Crippen LogP contribution in [0.1, 0.15) is 32.3 Å². The van der Waals surface area contributed by atoms with E-state index in [-0.39, 0.29) is 24.5 Å². The van der Waals surface area contributed by atoms with Crippen LogP contribution < -0.4 is 19.9 Å². The minimum atomic E-state index is -0.749. The molecule has 0 aliphatic carbocycles. The van der Waals surface area contributed by atoms with Crippen LogP contribution in [0.2, 0.25) is 0 Å². The number of aromatic nitrogens is 1. The van der Waals surface area contributed by atoms with Gasteiger partial charge in [0, 0.05) is 37.0 Å². The first kappa shape index (κ1) is 24.6. The van der Waals surface area contributed by atoms with Crippen molar-refractivity contribution < 1.29 is 19.4 Å². The van der Waals surface area contributed by atoms with Crippen molar-refractivity contribution in [3.05, 3.63) is 66.4 Å². The van der Waals surface area contributed by atoms with E-state index in [4.69, 9.17) is 9.84 Å². The third kappa shape index (κ3) is 5.38. The van der Waals surface area contributed by atoms with Crippen molar-refractivity contribution in [1.82, 2.24) is 4.98 Å². The second-order valence-corrected chi connectivity index (χ2v) is 9.77. The highest BCUT2D eigenvalue weighted by molar-refractivity contribution is 6.03. The highest BCUT2D eigenvalue weighted by atomic mass is 16.5. The van der Waals surface area contributed by atoms with Gasteiger partial charge in [-0.2, -0.15) is 0 Å². The van der Waals surface area contributed by atoms with Crippen molar-refractivity contribution in [2.45, 2.75) is 39.2 Å². The molecule has 2 atom stereocenters. The lowest BCUT2D eigenvalue weighted by Gasteiger charge is -2.34. The molecule has 2 amide bonds. The van der Waals surface area contributed by atoms with Crippen LogP contribution in [-0.4, -0.2) is 47.8 Å². The van der Waals surface area contributed by atoms with Crippen LogP contribution in [-0.2, 0) is 11.2 Å². The van der Waals surface area contributed by atoms with Gasteiger partial charge in [0.1, 0.15) is 17.7 Å². The van der Waals surface area contributed by atoms with E-state index < -0.39 is 5.97 Å². The van der Waals surface area contributed by atoms with Crippen molar-refractivity contribution in [3.63, 3.8) is 0 Å². The first-order chi connectivity index (χ1) is 17.9. The Morgan fingerprint density at radius 2 is 1.92 bits per heavy atom. The Morgan fingerprint density at radius 1 is 1.11 bits per heavy atom. The maximum Gasteiger partial charge on any atom is 0.326 e. The fourth-order valence-corrected chi connectivity index (χ4v) is 5.14. The molecular formula is C29H32N4O4. The molecule has 5 rings (SSSR count). The number of fused-ring (bicyclic) bond motifs is 1. The molecule has 1 fully saturated rings. The molecule has 3 aromatic rings. The fourth-order valence-electron chi connectivity index (χ4n) is 5.14. The van der Waals surface area contributed by atoms with Crippen molar-refractivity contribution in [3.8, 4) is 16.9 Å². The van der Waals surface area contributed by atoms with Gasteiger partial charge in [0.15, 0.2) is 0 Å². The summed E-state index contributed by atoms with van der Waals surface area (Å²) in [6.07, 6.45) is 3.58. The maximum absolute atomic E-state index is 13.3. The minimum absolute atomic E-state index is 0.149. The van der Waals surface area contributed by atoms with Gasteiger partial charge < -0.3 is 20.1 Å². The quantitative estimate of drug-likeness (QED) is 0.469. The Labute approximate surface area is 216 Å². The first-order valence-electron chi connectivity index (χ1n) is 12.8.